The molecule has 1 aromatic carbocycles. The van der Waals surface area contributed by atoms with E-state index < -0.39 is 0 Å². The van der Waals surface area contributed by atoms with E-state index in [0.717, 1.165) is 52.2 Å². The third kappa shape index (κ3) is 4.05. The van der Waals surface area contributed by atoms with Crippen LogP contribution in [-0.2, 0) is 11.2 Å². The monoisotopic (exact) mass is 335 g/mol. The summed E-state index contributed by atoms with van der Waals surface area (Å²) in [6.07, 6.45) is 2.69. The molecule has 1 aromatic rings. The molecular formula is C18H26FN3O2. The van der Waals surface area contributed by atoms with Gasteiger partial charge in [0.2, 0.25) is 0 Å². The summed E-state index contributed by atoms with van der Waals surface area (Å²) >= 11 is 0. The van der Waals surface area contributed by atoms with Gasteiger partial charge >= 0.3 is 6.03 Å². The first-order chi connectivity index (χ1) is 11.7. The Hall–Kier alpha value is -1.66. The van der Waals surface area contributed by atoms with Gasteiger partial charge in [0.25, 0.3) is 0 Å². The SMILES string of the molecule is CCc1ccc(NC(=O)N2CCCC2CN2CCOCC2)cc1F. The molecular weight excluding hydrogens is 309 g/mol. The Morgan fingerprint density at radius 3 is 2.83 bits per heavy atom. The summed E-state index contributed by atoms with van der Waals surface area (Å²) < 4.78 is 19.3. The van der Waals surface area contributed by atoms with Gasteiger partial charge in [-0.25, -0.2) is 9.18 Å². The Morgan fingerprint density at radius 1 is 1.33 bits per heavy atom. The van der Waals surface area contributed by atoms with E-state index in [-0.39, 0.29) is 17.9 Å². The summed E-state index contributed by atoms with van der Waals surface area (Å²) in [6, 6.07) is 5.01. The Bertz CT molecular complexity index is 575. The van der Waals surface area contributed by atoms with E-state index in [0.29, 0.717) is 17.7 Å². The zero-order valence-corrected chi connectivity index (χ0v) is 14.3. The molecule has 1 N–H and O–H groups in total. The van der Waals surface area contributed by atoms with Crippen LogP contribution in [0.5, 0.6) is 0 Å². The molecule has 2 amide bonds. The third-order valence-corrected chi connectivity index (χ3v) is 4.90. The van der Waals surface area contributed by atoms with E-state index in [4.69, 9.17) is 4.74 Å². The largest absolute Gasteiger partial charge is 0.379 e. The molecule has 2 heterocycles. The lowest BCUT2D eigenvalue weighted by molar-refractivity contribution is 0.0296. The number of carbonyl (C=O) groups excluding carboxylic acids is 1. The summed E-state index contributed by atoms with van der Waals surface area (Å²) in [5.74, 6) is -0.262. The molecule has 3 rings (SSSR count). The highest BCUT2D eigenvalue weighted by Crippen LogP contribution is 2.21. The highest BCUT2D eigenvalue weighted by atomic mass is 19.1. The minimum absolute atomic E-state index is 0.130. The summed E-state index contributed by atoms with van der Waals surface area (Å²) in [7, 11) is 0. The van der Waals surface area contributed by atoms with Crippen LogP contribution in [0, 0.1) is 5.82 Å². The second kappa shape index (κ2) is 7.94. The van der Waals surface area contributed by atoms with E-state index in [1.54, 1.807) is 12.1 Å². The van der Waals surface area contributed by atoms with Crippen LogP contribution in [0.2, 0.25) is 0 Å². The van der Waals surface area contributed by atoms with E-state index in [1.165, 1.54) is 6.07 Å². The Morgan fingerprint density at radius 2 is 2.12 bits per heavy atom. The van der Waals surface area contributed by atoms with Crippen LogP contribution in [0.3, 0.4) is 0 Å². The van der Waals surface area contributed by atoms with Crippen LogP contribution < -0.4 is 5.32 Å². The zero-order chi connectivity index (χ0) is 16.9. The second-order valence-electron chi connectivity index (χ2n) is 6.49. The molecule has 2 saturated heterocycles. The predicted octanol–water partition coefficient (Wildman–Crippen LogP) is 2.72. The number of amides is 2. The minimum atomic E-state index is -0.262. The molecule has 0 aliphatic carbocycles. The van der Waals surface area contributed by atoms with Gasteiger partial charge in [-0.3, -0.25) is 4.90 Å². The summed E-state index contributed by atoms with van der Waals surface area (Å²) in [4.78, 5) is 16.8. The highest BCUT2D eigenvalue weighted by Gasteiger charge is 2.30. The summed E-state index contributed by atoms with van der Waals surface area (Å²) in [5, 5.41) is 2.85. The number of nitrogens with zero attached hydrogens (tertiary/aromatic N) is 2. The van der Waals surface area contributed by atoms with Crippen molar-refractivity contribution in [3.63, 3.8) is 0 Å². The van der Waals surface area contributed by atoms with Crippen LogP contribution >= 0.6 is 0 Å². The van der Waals surface area contributed by atoms with E-state index in [1.807, 2.05) is 11.8 Å². The van der Waals surface area contributed by atoms with Gasteiger partial charge in [-0.15, -0.1) is 0 Å². The van der Waals surface area contributed by atoms with Crippen molar-refractivity contribution in [2.45, 2.75) is 32.2 Å². The van der Waals surface area contributed by atoms with Crippen molar-refractivity contribution in [3.05, 3.63) is 29.6 Å². The number of rotatable bonds is 4. The number of benzene rings is 1. The molecule has 2 fully saturated rings. The quantitative estimate of drug-likeness (QED) is 0.920. The number of likely N-dealkylation sites (tertiary alicyclic amines) is 1. The molecule has 1 unspecified atom stereocenters. The molecule has 2 aliphatic heterocycles. The predicted molar refractivity (Wildman–Crippen MR) is 91.8 cm³/mol. The van der Waals surface area contributed by atoms with Crippen LogP contribution in [0.4, 0.5) is 14.9 Å². The van der Waals surface area contributed by atoms with Crippen LogP contribution in [0.25, 0.3) is 0 Å². The van der Waals surface area contributed by atoms with Crippen molar-refractivity contribution in [3.8, 4) is 0 Å². The lowest BCUT2D eigenvalue weighted by atomic mass is 10.1. The maximum Gasteiger partial charge on any atom is 0.322 e. The number of carbonyl (C=O) groups is 1. The van der Waals surface area contributed by atoms with Crippen LogP contribution in [-0.4, -0.2) is 61.3 Å². The molecule has 0 saturated carbocycles. The number of ether oxygens (including phenoxy) is 1. The number of urea groups is 1. The molecule has 0 spiro atoms. The third-order valence-electron chi connectivity index (χ3n) is 4.90. The molecule has 24 heavy (non-hydrogen) atoms. The first kappa shape index (κ1) is 17.2. The molecule has 6 heteroatoms. The van der Waals surface area contributed by atoms with Crippen molar-refractivity contribution < 1.29 is 13.9 Å². The van der Waals surface area contributed by atoms with E-state index in [2.05, 4.69) is 10.2 Å². The van der Waals surface area contributed by atoms with Gasteiger partial charge in [0.05, 0.1) is 13.2 Å². The van der Waals surface area contributed by atoms with Crippen molar-refractivity contribution in [2.75, 3.05) is 44.7 Å². The van der Waals surface area contributed by atoms with Gasteiger partial charge in [0, 0.05) is 37.9 Å². The molecule has 1 atom stereocenters. The average molecular weight is 335 g/mol. The maximum absolute atomic E-state index is 13.9. The number of hydrogen-bond acceptors (Lipinski definition) is 3. The molecule has 5 nitrogen and oxygen atoms in total. The van der Waals surface area contributed by atoms with Crippen molar-refractivity contribution in [1.82, 2.24) is 9.80 Å². The van der Waals surface area contributed by atoms with Crippen molar-refractivity contribution in [1.29, 1.82) is 0 Å². The fraction of sp³-hybridized carbons (Fsp3) is 0.611. The molecule has 132 valence electrons. The van der Waals surface area contributed by atoms with Gasteiger partial charge in [0.15, 0.2) is 0 Å². The number of anilines is 1. The molecule has 2 aliphatic rings. The number of halogens is 1. The molecule has 0 radical (unpaired) electrons. The van der Waals surface area contributed by atoms with Crippen LogP contribution in [0.15, 0.2) is 18.2 Å². The maximum atomic E-state index is 13.9. The zero-order valence-electron chi connectivity index (χ0n) is 14.3. The average Bonchev–Trinajstić information content (AvgIpc) is 3.04. The first-order valence-corrected chi connectivity index (χ1v) is 8.83. The van der Waals surface area contributed by atoms with Gasteiger partial charge in [-0.2, -0.15) is 0 Å². The van der Waals surface area contributed by atoms with Gasteiger partial charge in [0.1, 0.15) is 5.82 Å². The second-order valence-corrected chi connectivity index (χ2v) is 6.49. The summed E-state index contributed by atoms with van der Waals surface area (Å²) in [5.41, 5.74) is 1.19. The van der Waals surface area contributed by atoms with Gasteiger partial charge in [-0.05, 0) is 37.0 Å². The topological polar surface area (TPSA) is 44.8 Å². The first-order valence-electron chi connectivity index (χ1n) is 8.83. The van der Waals surface area contributed by atoms with Gasteiger partial charge < -0.3 is 15.0 Å². The summed E-state index contributed by atoms with van der Waals surface area (Å²) in [6.45, 7) is 6.95. The fourth-order valence-electron chi connectivity index (χ4n) is 3.48. The van der Waals surface area contributed by atoms with Crippen molar-refractivity contribution in [2.24, 2.45) is 0 Å². The normalized spacial score (nSPS) is 21.9. The fourth-order valence-corrected chi connectivity index (χ4v) is 3.48. The number of nitrogens with one attached hydrogen (secondary N) is 1. The Labute approximate surface area is 142 Å². The number of hydrogen-bond donors (Lipinski definition) is 1. The van der Waals surface area contributed by atoms with Crippen molar-refractivity contribution >= 4 is 11.7 Å². The smallest absolute Gasteiger partial charge is 0.322 e. The van der Waals surface area contributed by atoms with Gasteiger partial charge in [-0.1, -0.05) is 13.0 Å². The number of morpholine rings is 1. The van der Waals surface area contributed by atoms with Crippen LogP contribution in [0.1, 0.15) is 25.3 Å². The number of aryl methyl sites for hydroxylation is 1. The molecule has 0 aromatic heterocycles. The van der Waals surface area contributed by atoms with E-state index >= 15 is 0 Å². The van der Waals surface area contributed by atoms with E-state index in [9.17, 15) is 9.18 Å². The highest BCUT2D eigenvalue weighted by molar-refractivity contribution is 5.89. The lowest BCUT2D eigenvalue weighted by Crippen LogP contribution is -2.47. The Balaban J connectivity index is 1.59. The standard InChI is InChI=1S/C18H26FN3O2/c1-2-14-5-6-15(12-17(14)19)20-18(23)22-7-3-4-16(22)13-21-8-10-24-11-9-21/h5-6,12,16H,2-4,7-11,13H2,1H3,(H,20,23). The lowest BCUT2D eigenvalue weighted by Gasteiger charge is -2.32. The minimum Gasteiger partial charge on any atom is -0.379 e. The molecule has 0 bridgehead atoms. The Kier molecular flexibility index (Phi) is 5.68.